The second kappa shape index (κ2) is 8.74. The fraction of sp³-hybridized carbons (Fsp3) is 0.304. The first-order chi connectivity index (χ1) is 13.5. The Bertz CT molecular complexity index is 888. The molecule has 3 rings (SSSR count). The molecule has 1 amide bonds. The summed E-state index contributed by atoms with van der Waals surface area (Å²) in [6, 6.07) is 17.2. The second-order valence-electron chi connectivity index (χ2n) is 6.72. The highest BCUT2D eigenvalue weighted by Gasteiger charge is 2.36. The number of rotatable bonds is 6. The molecule has 0 N–H and O–H groups in total. The van der Waals surface area contributed by atoms with Crippen molar-refractivity contribution >= 4 is 11.9 Å². The number of allylic oxidation sites excluding steroid dienone is 1. The Morgan fingerprint density at radius 3 is 2.57 bits per heavy atom. The van der Waals surface area contributed by atoms with Crippen LogP contribution in [0.5, 0.6) is 5.75 Å². The van der Waals surface area contributed by atoms with Crippen molar-refractivity contribution in [2.24, 2.45) is 0 Å². The van der Waals surface area contributed by atoms with E-state index in [1.807, 2.05) is 61.5 Å². The molecule has 28 heavy (non-hydrogen) atoms. The quantitative estimate of drug-likeness (QED) is 0.711. The highest BCUT2D eigenvalue weighted by molar-refractivity contribution is 5.95. The van der Waals surface area contributed by atoms with Gasteiger partial charge in [-0.2, -0.15) is 0 Å². The molecule has 0 aliphatic carbocycles. The third kappa shape index (κ3) is 4.09. The summed E-state index contributed by atoms with van der Waals surface area (Å²) < 4.78 is 10.6. The van der Waals surface area contributed by atoms with E-state index in [4.69, 9.17) is 9.47 Å². The Morgan fingerprint density at radius 2 is 1.89 bits per heavy atom. The summed E-state index contributed by atoms with van der Waals surface area (Å²) in [6.45, 7) is 4.28. The highest BCUT2D eigenvalue weighted by atomic mass is 16.5. The first kappa shape index (κ1) is 19.7. The zero-order chi connectivity index (χ0) is 20.1. The monoisotopic (exact) mass is 379 g/mol. The topological polar surface area (TPSA) is 55.8 Å². The number of hydrogen-bond acceptors (Lipinski definition) is 4. The van der Waals surface area contributed by atoms with Gasteiger partial charge >= 0.3 is 5.97 Å². The number of methoxy groups -OCH3 is 1. The maximum atomic E-state index is 13.0. The number of ether oxygens (including phenoxy) is 2. The van der Waals surface area contributed by atoms with Gasteiger partial charge in [0.25, 0.3) is 0 Å². The van der Waals surface area contributed by atoms with E-state index in [2.05, 4.69) is 0 Å². The van der Waals surface area contributed by atoms with Crippen LogP contribution in [0.2, 0.25) is 0 Å². The van der Waals surface area contributed by atoms with Crippen molar-refractivity contribution in [3.8, 4) is 5.75 Å². The van der Waals surface area contributed by atoms with Crippen molar-refractivity contribution in [2.75, 3.05) is 13.7 Å². The molecule has 0 bridgehead atoms. The van der Waals surface area contributed by atoms with Gasteiger partial charge in [-0.15, -0.1) is 0 Å². The minimum atomic E-state index is -0.364. The van der Waals surface area contributed by atoms with E-state index in [0.29, 0.717) is 24.4 Å². The van der Waals surface area contributed by atoms with Crippen LogP contribution in [0.25, 0.3) is 0 Å². The van der Waals surface area contributed by atoms with E-state index >= 15 is 0 Å². The molecular formula is C23H25NO4. The summed E-state index contributed by atoms with van der Waals surface area (Å²) in [4.78, 5) is 27.4. The Labute approximate surface area is 165 Å². The van der Waals surface area contributed by atoms with Crippen LogP contribution in [0.3, 0.4) is 0 Å². The summed E-state index contributed by atoms with van der Waals surface area (Å²) in [5, 5.41) is 0. The van der Waals surface area contributed by atoms with Crippen molar-refractivity contribution in [1.29, 1.82) is 0 Å². The molecule has 0 fully saturated rings. The van der Waals surface area contributed by atoms with E-state index < -0.39 is 0 Å². The molecule has 0 spiro atoms. The number of carbonyl (C=O) groups is 2. The maximum Gasteiger partial charge on any atom is 0.336 e. The minimum Gasteiger partial charge on any atom is -0.497 e. The fourth-order valence-corrected chi connectivity index (χ4v) is 3.60. The zero-order valence-electron chi connectivity index (χ0n) is 16.5. The molecule has 0 radical (unpaired) electrons. The van der Waals surface area contributed by atoms with Crippen LogP contribution >= 0.6 is 0 Å². The maximum absolute atomic E-state index is 13.0. The molecule has 5 heteroatoms. The fourth-order valence-electron chi connectivity index (χ4n) is 3.60. The molecule has 1 heterocycles. The van der Waals surface area contributed by atoms with Gasteiger partial charge in [0.05, 0.1) is 25.8 Å². The lowest BCUT2D eigenvalue weighted by atomic mass is 9.83. The van der Waals surface area contributed by atoms with Crippen LogP contribution in [0.4, 0.5) is 0 Å². The Balaban J connectivity index is 2.00. The van der Waals surface area contributed by atoms with Crippen LogP contribution in [0, 0.1) is 0 Å². The standard InChI is InChI=1S/C23H25NO4/c1-4-28-23(26)22-16(2)24(15-17-9-8-12-19(13-17)27-3)21(25)14-20(22)18-10-6-5-7-11-18/h5-13,20H,4,14-15H2,1-3H3/t20-/m0/s1. The SMILES string of the molecule is CCOC(=O)C1=C(C)N(Cc2cccc(OC)c2)C(=O)C[C@H]1c1ccccc1. The normalized spacial score (nSPS) is 16.9. The van der Waals surface area contributed by atoms with Crippen LogP contribution in [-0.4, -0.2) is 30.5 Å². The second-order valence-corrected chi connectivity index (χ2v) is 6.72. The van der Waals surface area contributed by atoms with Gasteiger partial charge in [0, 0.05) is 18.0 Å². The van der Waals surface area contributed by atoms with Crippen molar-refractivity contribution in [2.45, 2.75) is 32.7 Å². The van der Waals surface area contributed by atoms with Gasteiger partial charge in [0.15, 0.2) is 0 Å². The van der Waals surface area contributed by atoms with Gasteiger partial charge in [-0.05, 0) is 37.1 Å². The largest absolute Gasteiger partial charge is 0.497 e. The smallest absolute Gasteiger partial charge is 0.336 e. The van der Waals surface area contributed by atoms with Gasteiger partial charge in [-0.3, -0.25) is 4.79 Å². The molecule has 0 unspecified atom stereocenters. The van der Waals surface area contributed by atoms with Gasteiger partial charge in [0.2, 0.25) is 5.91 Å². The summed E-state index contributed by atoms with van der Waals surface area (Å²) in [5.41, 5.74) is 3.08. The van der Waals surface area contributed by atoms with Gasteiger partial charge in [0.1, 0.15) is 5.75 Å². The number of nitrogens with zero attached hydrogens (tertiary/aromatic N) is 1. The number of esters is 1. The van der Waals surface area contributed by atoms with Crippen LogP contribution in [0.1, 0.15) is 37.3 Å². The van der Waals surface area contributed by atoms with Crippen LogP contribution in [0.15, 0.2) is 65.9 Å². The van der Waals surface area contributed by atoms with Crippen molar-refractivity contribution < 1.29 is 19.1 Å². The van der Waals surface area contributed by atoms with E-state index in [9.17, 15) is 9.59 Å². The summed E-state index contributed by atoms with van der Waals surface area (Å²) in [6.07, 6.45) is 0.236. The molecule has 0 saturated carbocycles. The number of amides is 1. The van der Waals surface area contributed by atoms with Crippen molar-refractivity contribution in [3.05, 3.63) is 77.0 Å². The lowest BCUT2D eigenvalue weighted by molar-refractivity contribution is -0.140. The summed E-state index contributed by atoms with van der Waals surface area (Å²) in [7, 11) is 1.61. The van der Waals surface area contributed by atoms with E-state index in [0.717, 1.165) is 16.9 Å². The predicted molar refractivity (Wildman–Crippen MR) is 107 cm³/mol. The molecule has 1 aliphatic heterocycles. The van der Waals surface area contributed by atoms with E-state index in [1.54, 1.807) is 18.9 Å². The minimum absolute atomic E-state index is 0.0118. The van der Waals surface area contributed by atoms with E-state index in [1.165, 1.54) is 0 Å². The first-order valence-electron chi connectivity index (χ1n) is 9.41. The molecule has 0 aromatic heterocycles. The molecule has 2 aromatic carbocycles. The Kier molecular flexibility index (Phi) is 6.14. The Hall–Kier alpha value is -3.08. The molecule has 2 aromatic rings. The average Bonchev–Trinajstić information content (AvgIpc) is 2.71. The lowest BCUT2D eigenvalue weighted by Crippen LogP contribution is -2.38. The van der Waals surface area contributed by atoms with Crippen LogP contribution < -0.4 is 4.74 Å². The first-order valence-corrected chi connectivity index (χ1v) is 9.41. The molecule has 0 saturated heterocycles. The number of benzene rings is 2. The van der Waals surface area contributed by atoms with E-state index in [-0.39, 0.29) is 24.2 Å². The molecular weight excluding hydrogens is 354 g/mol. The number of carbonyl (C=O) groups excluding carboxylic acids is 2. The van der Waals surface area contributed by atoms with Crippen molar-refractivity contribution in [1.82, 2.24) is 4.90 Å². The third-order valence-corrected chi connectivity index (χ3v) is 5.00. The summed E-state index contributed by atoms with van der Waals surface area (Å²) >= 11 is 0. The third-order valence-electron chi connectivity index (χ3n) is 5.00. The molecule has 1 atom stereocenters. The highest BCUT2D eigenvalue weighted by Crippen LogP contribution is 2.37. The average molecular weight is 379 g/mol. The molecule has 146 valence electrons. The zero-order valence-corrected chi connectivity index (χ0v) is 16.5. The van der Waals surface area contributed by atoms with Crippen molar-refractivity contribution in [3.63, 3.8) is 0 Å². The molecule has 1 aliphatic rings. The van der Waals surface area contributed by atoms with Gasteiger partial charge in [-0.25, -0.2) is 4.79 Å². The summed E-state index contributed by atoms with van der Waals surface area (Å²) in [5.74, 6) is 0.0601. The lowest BCUT2D eigenvalue weighted by Gasteiger charge is -2.34. The Morgan fingerprint density at radius 1 is 1.14 bits per heavy atom. The molecule has 5 nitrogen and oxygen atoms in total. The predicted octanol–water partition coefficient (Wildman–Crippen LogP) is 4.05. The van der Waals surface area contributed by atoms with Gasteiger partial charge in [-0.1, -0.05) is 42.5 Å². The van der Waals surface area contributed by atoms with Crippen LogP contribution in [-0.2, 0) is 20.9 Å². The number of hydrogen-bond donors (Lipinski definition) is 0. The van der Waals surface area contributed by atoms with Gasteiger partial charge < -0.3 is 14.4 Å².